The minimum Gasteiger partial charge on any atom is -0.374 e. The Morgan fingerprint density at radius 2 is 1.90 bits per heavy atom. The van der Waals surface area contributed by atoms with Crippen molar-refractivity contribution in [3.05, 3.63) is 64.1 Å². The highest BCUT2D eigenvalue weighted by Crippen LogP contribution is 2.22. The van der Waals surface area contributed by atoms with Gasteiger partial charge in [0.15, 0.2) is 0 Å². The van der Waals surface area contributed by atoms with Gasteiger partial charge in [0.1, 0.15) is 0 Å². The van der Waals surface area contributed by atoms with Gasteiger partial charge in [-0.25, -0.2) is 0 Å². The summed E-state index contributed by atoms with van der Waals surface area (Å²) in [4.78, 5) is 2.27. The van der Waals surface area contributed by atoms with Crippen LogP contribution in [0.25, 0.3) is 0 Å². The Labute approximate surface area is 129 Å². The van der Waals surface area contributed by atoms with Crippen molar-refractivity contribution in [3.63, 3.8) is 0 Å². The molecule has 2 nitrogen and oxygen atoms in total. The minimum absolute atomic E-state index is 0.0685. The van der Waals surface area contributed by atoms with E-state index in [9.17, 15) is 0 Å². The Balaban J connectivity index is 1.97. The van der Waals surface area contributed by atoms with Crippen molar-refractivity contribution in [1.82, 2.24) is 0 Å². The molecule has 3 heteroatoms. The van der Waals surface area contributed by atoms with E-state index in [4.69, 9.17) is 5.73 Å². The number of aryl methyl sites for hydroxylation is 1. The number of halogens is 1. The van der Waals surface area contributed by atoms with E-state index in [-0.39, 0.29) is 6.04 Å². The second-order valence-corrected chi connectivity index (χ2v) is 6.07. The number of para-hydroxylation sites is 1. The van der Waals surface area contributed by atoms with Gasteiger partial charge in [0.25, 0.3) is 0 Å². The number of hydrogen-bond acceptors (Lipinski definition) is 2. The molecule has 0 saturated heterocycles. The summed E-state index contributed by atoms with van der Waals surface area (Å²) in [6, 6.07) is 16.7. The molecule has 2 rings (SSSR count). The molecular weight excluding hydrogens is 312 g/mol. The second kappa shape index (κ2) is 6.91. The fourth-order valence-electron chi connectivity index (χ4n) is 2.35. The van der Waals surface area contributed by atoms with Crippen LogP contribution in [0.4, 0.5) is 5.69 Å². The number of rotatable bonds is 5. The summed E-state index contributed by atoms with van der Waals surface area (Å²) in [6.45, 7) is 3.08. The Morgan fingerprint density at radius 1 is 1.15 bits per heavy atom. The van der Waals surface area contributed by atoms with E-state index in [0.29, 0.717) is 0 Å². The number of anilines is 1. The molecule has 2 N–H and O–H groups in total. The predicted octanol–water partition coefficient (Wildman–Crippen LogP) is 4.28. The third-order valence-electron chi connectivity index (χ3n) is 3.58. The second-order valence-electron chi connectivity index (χ2n) is 5.16. The maximum Gasteiger partial charge on any atom is 0.0393 e. The Bertz CT molecular complexity index is 568. The molecule has 0 fully saturated rings. The first kappa shape index (κ1) is 15.1. The lowest BCUT2D eigenvalue weighted by molar-refractivity contribution is 0.645. The van der Waals surface area contributed by atoms with Gasteiger partial charge in [-0.1, -0.05) is 46.3 Å². The lowest BCUT2D eigenvalue weighted by Crippen LogP contribution is -2.23. The Hall–Kier alpha value is -1.32. The van der Waals surface area contributed by atoms with Crippen molar-refractivity contribution in [2.75, 3.05) is 18.5 Å². The van der Waals surface area contributed by atoms with Gasteiger partial charge >= 0.3 is 0 Å². The minimum atomic E-state index is 0.0685. The Kier molecular flexibility index (Phi) is 5.21. The summed E-state index contributed by atoms with van der Waals surface area (Å²) in [7, 11) is 2.12. The number of nitrogens with zero attached hydrogens (tertiary/aromatic N) is 1. The van der Waals surface area contributed by atoms with Crippen molar-refractivity contribution in [2.45, 2.75) is 19.4 Å². The van der Waals surface area contributed by atoms with Crippen LogP contribution in [0, 0.1) is 6.92 Å². The van der Waals surface area contributed by atoms with Crippen LogP contribution < -0.4 is 10.6 Å². The SMILES string of the molecule is Cc1ccccc1N(C)CCC(N)c1cccc(Br)c1. The standard InChI is InChI=1S/C17H21BrN2/c1-13-6-3-4-9-17(13)20(2)11-10-16(19)14-7-5-8-15(18)12-14/h3-9,12,16H,10-11,19H2,1-2H3. The lowest BCUT2D eigenvalue weighted by Gasteiger charge is -2.23. The first-order chi connectivity index (χ1) is 9.58. The van der Waals surface area contributed by atoms with E-state index >= 15 is 0 Å². The number of benzene rings is 2. The lowest BCUT2D eigenvalue weighted by atomic mass is 10.0. The van der Waals surface area contributed by atoms with Gasteiger partial charge in [-0.15, -0.1) is 0 Å². The maximum absolute atomic E-state index is 6.28. The van der Waals surface area contributed by atoms with Crippen LogP contribution in [0.5, 0.6) is 0 Å². The molecule has 0 radical (unpaired) electrons. The first-order valence-electron chi connectivity index (χ1n) is 6.86. The maximum atomic E-state index is 6.28. The van der Waals surface area contributed by atoms with E-state index in [1.54, 1.807) is 0 Å². The van der Waals surface area contributed by atoms with Crippen molar-refractivity contribution in [1.29, 1.82) is 0 Å². The summed E-state index contributed by atoms with van der Waals surface area (Å²) in [6.07, 6.45) is 0.932. The fourth-order valence-corrected chi connectivity index (χ4v) is 2.77. The first-order valence-corrected chi connectivity index (χ1v) is 7.65. The molecule has 0 aromatic heterocycles. The molecule has 0 saturated carbocycles. The molecule has 1 atom stereocenters. The molecule has 0 amide bonds. The largest absolute Gasteiger partial charge is 0.374 e. The molecule has 106 valence electrons. The number of nitrogens with two attached hydrogens (primary N) is 1. The molecule has 0 aliphatic heterocycles. The van der Waals surface area contributed by atoms with Crippen LogP contribution in [0.2, 0.25) is 0 Å². The molecule has 0 aliphatic rings. The average molecular weight is 333 g/mol. The van der Waals surface area contributed by atoms with Crippen molar-refractivity contribution < 1.29 is 0 Å². The van der Waals surface area contributed by atoms with Gasteiger partial charge in [-0.2, -0.15) is 0 Å². The quantitative estimate of drug-likeness (QED) is 0.885. The van der Waals surface area contributed by atoms with Crippen LogP contribution in [-0.2, 0) is 0 Å². The highest BCUT2D eigenvalue weighted by molar-refractivity contribution is 9.10. The average Bonchev–Trinajstić information content (AvgIpc) is 2.45. The van der Waals surface area contributed by atoms with Gasteiger partial charge < -0.3 is 10.6 Å². The van der Waals surface area contributed by atoms with E-state index in [1.807, 2.05) is 12.1 Å². The van der Waals surface area contributed by atoms with Gasteiger partial charge in [-0.05, 0) is 42.7 Å². The molecule has 0 spiro atoms. The van der Waals surface area contributed by atoms with Crippen LogP contribution in [0.3, 0.4) is 0 Å². The zero-order chi connectivity index (χ0) is 14.5. The van der Waals surface area contributed by atoms with Gasteiger partial charge in [0.2, 0.25) is 0 Å². The van der Waals surface area contributed by atoms with Crippen LogP contribution >= 0.6 is 15.9 Å². The predicted molar refractivity (Wildman–Crippen MR) is 90.1 cm³/mol. The molecule has 2 aromatic rings. The highest BCUT2D eigenvalue weighted by atomic mass is 79.9. The zero-order valence-electron chi connectivity index (χ0n) is 12.0. The normalized spacial score (nSPS) is 12.2. The van der Waals surface area contributed by atoms with E-state index in [2.05, 4.69) is 71.2 Å². The van der Waals surface area contributed by atoms with Crippen LogP contribution in [0.15, 0.2) is 53.0 Å². The summed E-state index contributed by atoms with van der Waals surface area (Å²) in [5, 5.41) is 0. The van der Waals surface area contributed by atoms with Crippen molar-refractivity contribution in [2.24, 2.45) is 5.73 Å². The summed E-state index contributed by atoms with van der Waals surface area (Å²) < 4.78 is 1.08. The van der Waals surface area contributed by atoms with Crippen molar-refractivity contribution in [3.8, 4) is 0 Å². The number of hydrogen-bond donors (Lipinski definition) is 1. The van der Waals surface area contributed by atoms with E-state index in [1.165, 1.54) is 16.8 Å². The smallest absolute Gasteiger partial charge is 0.0393 e. The third-order valence-corrected chi connectivity index (χ3v) is 4.07. The van der Waals surface area contributed by atoms with Gasteiger partial charge in [0.05, 0.1) is 0 Å². The molecule has 0 aliphatic carbocycles. The third kappa shape index (κ3) is 3.84. The zero-order valence-corrected chi connectivity index (χ0v) is 13.6. The summed E-state index contributed by atoms with van der Waals surface area (Å²) in [5.74, 6) is 0. The monoisotopic (exact) mass is 332 g/mol. The molecule has 0 bridgehead atoms. The fraction of sp³-hybridized carbons (Fsp3) is 0.294. The topological polar surface area (TPSA) is 29.3 Å². The molecule has 0 heterocycles. The van der Waals surface area contributed by atoms with Crippen molar-refractivity contribution >= 4 is 21.6 Å². The van der Waals surface area contributed by atoms with E-state index in [0.717, 1.165) is 17.4 Å². The summed E-state index contributed by atoms with van der Waals surface area (Å²) in [5.41, 5.74) is 10.0. The molecular formula is C17H21BrN2. The Morgan fingerprint density at radius 3 is 2.60 bits per heavy atom. The van der Waals surface area contributed by atoms with Gasteiger partial charge in [0, 0.05) is 29.8 Å². The van der Waals surface area contributed by atoms with Crippen LogP contribution in [-0.4, -0.2) is 13.6 Å². The van der Waals surface area contributed by atoms with Crippen LogP contribution in [0.1, 0.15) is 23.6 Å². The molecule has 1 unspecified atom stereocenters. The highest BCUT2D eigenvalue weighted by Gasteiger charge is 2.09. The molecule has 20 heavy (non-hydrogen) atoms. The van der Waals surface area contributed by atoms with E-state index < -0.39 is 0 Å². The van der Waals surface area contributed by atoms with Gasteiger partial charge in [-0.3, -0.25) is 0 Å². The summed E-state index contributed by atoms with van der Waals surface area (Å²) >= 11 is 3.49. The molecule has 2 aromatic carbocycles.